The van der Waals surface area contributed by atoms with Crippen LogP contribution in [0.25, 0.3) is 16.9 Å². The van der Waals surface area contributed by atoms with Crippen LogP contribution in [0.5, 0.6) is 0 Å². The van der Waals surface area contributed by atoms with Crippen molar-refractivity contribution in [3.63, 3.8) is 0 Å². The molecule has 1 N–H and O–H groups in total. The average molecular weight is 213 g/mol. The summed E-state index contributed by atoms with van der Waals surface area (Å²) in [5.74, 6) is 1.61. The molecule has 0 aliphatic heterocycles. The van der Waals surface area contributed by atoms with E-state index in [-0.39, 0.29) is 0 Å². The van der Waals surface area contributed by atoms with E-state index in [1.165, 1.54) is 0 Å². The van der Waals surface area contributed by atoms with Crippen molar-refractivity contribution >= 4 is 11.0 Å². The Morgan fingerprint density at radius 1 is 1.25 bits per heavy atom. The molecule has 3 rings (SSSR count). The predicted octanol–water partition coefficient (Wildman–Crippen LogP) is 1.76. The molecule has 5 nitrogen and oxygen atoms in total. The molecule has 3 aromatic heterocycles. The third kappa shape index (κ3) is 1.29. The van der Waals surface area contributed by atoms with Crippen molar-refractivity contribution in [3.05, 3.63) is 36.3 Å². The summed E-state index contributed by atoms with van der Waals surface area (Å²) in [5.41, 5.74) is 1.95. The number of rotatable bonds is 1. The van der Waals surface area contributed by atoms with Gasteiger partial charge in [-0.15, -0.1) is 0 Å². The lowest BCUT2D eigenvalue weighted by atomic mass is 10.3. The maximum Gasteiger partial charge on any atom is 0.151 e. The zero-order chi connectivity index (χ0) is 11.1. The number of hydrogen-bond acceptors (Lipinski definition) is 3. The monoisotopic (exact) mass is 213 g/mol. The highest BCUT2D eigenvalue weighted by Gasteiger charge is 2.09. The van der Waals surface area contributed by atoms with Gasteiger partial charge in [0.1, 0.15) is 17.8 Å². The fourth-order valence-corrected chi connectivity index (χ4v) is 1.82. The average Bonchev–Trinajstić information content (AvgIpc) is 2.83. The van der Waals surface area contributed by atoms with E-state index in [0.29, 0.717) is 0 Å². The van der Waals surface area contributed by atoms with Crippen LogP contribution in [0.4, 0.5) is 0 Å². The number of nitrogens with zero attached hydrogens (tertiary/aromatic N) is 4. The summed E-state index contributed by atoms with van der Waals surface area (Å²) in [7, 11) is 0. The highest BCUT2D eigenvalue weighted by atomic mass is 15.1. The number of aryl methyl sites for hydroxylation is 2. The van der Waals surface area contributed by atoms with Crippen LogP contribution in [0.1, 0.15) is 11.5 Å². The molecule has 0 saturated carbocycles. The molecule has 0 saturated heterocycles. The number of nitrogens with one attached hydrogen (secondary N) is 1. The minimum atomic E-state index is 0.748. The van der Waals surface area contributed by atoms with Crippen LogP contribution in [0.2, 0.25) is 0 Å². The van der Waals surface area contributed by atoms with Crippen LogP contribution >= 0.6 is 0 Å². The maximum atomic E-state index is 4.45. The van der Waals surface area contributed by atoms with Gasteiger partial charge in [0.05, 0.1) is 5.39 Å². The summed E-state index contributed by atoms with van der Waals surface area (Å²) >= 11 is 0. The predicted molar refractivity (Wildman–Crippen MR) is 60.5 cm³/mol. The Morgan fingerprint density at radius 2 is 2.12 bits per heavy atom. The first-order valence-corrected chi connectivity index (χ1v) is 5.06. The van der Waals surface area contributed by atoms with Crippen LogP contribution in [0.3, 0.4) is 0 Å². The van der Waals surface area contributed by atoms with Crippen molar-refractivity contribution in [1.29, 1.82) is 0 Å². The first-order valence-electron chi connectivity index (χ1n) is 5.06. The van der Waals surface area contributed by atoms with Crippen LogP contribution in [-0.4, -0.2) is 24.5 Å². The van der Waals surface area contributed by atoms with E-state index >= 15 is 0 Å². The number of hydrogen-bond donors (Lipinski definition) is 1. The van der Waals surface area contributed by atoms with Crippen molar-refractivity contribution in [1.82, 2.24) is 24.5 Å². The van der Waals surface area contributed by atoms with E-state index < -0.39 is 0 Å². The van der Waals surface area contributed by atoms with Gasteiger partial charge in [-0.2, -0.15) is 0 Å². The molecule has 0 amide bonds. The molecule has 0 aliphatic rings. The molecule has 0 bridgehead atoms. The highest BCUT2D eigenvalue weighted by Crippen LogP contribution is 2.19. The quantitative estimate of drug-likeness (QED) is 0.670. The van der Waals surface area contributed by atoms with Gasteiger partial charge in [-0.1, -0.05) is 0 Å². The van der Waals surface area contributed by atoms with Crippen LogP contribution in [0.15, 0.2) is 24.8 Å². The molecule has 16 heavy (non-hydrogen) atoms. The van der Waals surface area contributed by atoms with E-state index in [4.69, 9.17) is 0 Å². The van der Waals surface area contributed by atoms with Crippen LogP contribution in [0, 0.1) is 13.8 Å². The van der Waals surface area contributed by atoms with E-state index in [0.717, 1.165) is 28.4 Å². The van der Waals surface area contributed by atoms with Crippen molar-refractivity contribution in [2.24, 2.45) is 0 Å². The normalized spacial score (nSPS) is 11.1. The largest absolute Gasteiger partial charge is 0.343 e. The van der Waals surface area contributed by atoms with Gasteiger partial charge in [0.15, 0.2) is 5.82 Å². The van der Waals surface area contributed by atoms with Gasteiger partial charge in [0.25, 0.3) is 0 Å². The van der Waals surface area contributed by atoms with Crippen molar-refractivity contribution in [2.45, 2.75) is 13.8 Å². The van der Waals surface area contributed by atoms with Gasteiger partial charge >= 0.3 is 0 Å². The topological polar surface area (TPSA) is 59.4 Å². The zero-order valence-corrected chi connectivity index (χ0v) is 9.10. The summed E-state index contributed by atoms with van der Waals surface area (Å²) in [4.78, 5) is 16.1. The molecule has 0 atom stereocenters. The first-order chi connectivity index (χ1) is 7.74. The van der Waals surface area contributed by atoms with Gasteiger partial charge in [0, 0.05) is 18.1 Å². The molecular formula is C11H11N5. The maximum absolute atomic E-state index is 4.45. The summed E-state index contributed by atoms with van der Waals surface area (Å²) in [6.07, 6.45) is 5.36. The molecule has 5 heteroatoms. The lowest BCUT2D eigenvalue weighted by Gasteiger charge is -2.03. The Kier molecular flexibility index (Phi) is 1.80. The summed E-state index contributed by atoms with van der Waals surface area (Å²) in [6.45, 7) is 3.89. The van der Waals surface area contributed by atoms with Crippen LogP contribution in [-0.2, 0) is 0 Å². The number of aromatic amines is 1. The zero-order valence-electron chi connectivity index (χ0n) is 9.10. The Labute approximate surface area is 92.2 Å². The van der Waals surface area contributed by atoms with Crippen LogP contribution < -0.4 is 0 Å². The van der Waals surface area contributed by atoms with Crippen molar-refractivity contribution in [3.8, 4) is 5.82 Å². The SMILES string of the molecule is Cc1nc(-n2ccnc2)c2cc(C)[nH]c2n1. The lowest BCUT2D eigenvalue weighted by molar-refractivity contribution is 0.959. The smallest absolute Gasteiger partial charge is 0.151 e. The van der Waals surface area contributed by atoms with E-state index in [9.17, 15) is 0 Å². The minimum Gasteiger partial charge on any atom is -0.343 e. The van der Waals surface area contributed by atoms with Crippen molar-refractivity contribution < 1.29 is 0 Å². The van der Waals surface area contributed by atoms with E-state index in [1.54, 1.807) is 12.5 Å². The summed E-state index contributed by atoms with van der Waals surface area (Å²) in [5, 5.41) is 1.01. The molecular weight excluding hydrogens is 202 g/mol. The third-order valence-corrected chi connectivity index (χ3v) is 2.46. The molecule has 0 spiro atoms. The molecule has 0 unspecified atom stereocenters. The van der Waals surface area contributed by atoms with E-state index in [1.807, 2.05) is 30.7 Å². The van der Waals surface area contributed by atoms with Gasteiger partial charge in [-0.3, -0.25) is 4.57 Å². The molecule has 80 valence electrons. The molecule has 0 radical (unpaired) electrons. The first kappa shape index (κ1) is 9.08. The minimum absolute atomic E-state index is 0.748. The Morgan fingerprint density at radius 3 is 2.88 bits per heavy atom. The molecule has 3 aromatic rings. The molecule has 0 aromatic carbocycles. The summed E-state index contributed by atoms with van der Waals surface area (Å²) in [6, 6.07) is 2.05. The number of H-pyrrole nitrogens is 1. The van der Waals surface area contributed by atoms with Gasteiger partial charge in [-0.25, -0.2) is 15.0 Å². The Bertz CT molecular complexity index is 636. The molecule has 0 fully saturated rings. The lowest BCUT2D eigenvalue weighted by Crippen LogP contribution is -1.99. The summed E-state index contributed by atoms with van der Waals surface area (Å²) < 4.78 is 1.89. The van der Waals surface area contributed by atoms with Gasteiger partial charge in [0.2, 0.25) is 0 Å². The Balaban J connectivity index is 2.38. The second kappa shape index (κ2) is 3.16. The van der Waals surface area contributed by atoms with Gasteiger partial charge < -0.3 is 4.98 Å². The van der Waals surface area contributed by atoms with Gasteiger partial charge in [-0.05, 0) is 19.9 Å². The second-order valence-electron chi connectivity index (χ2n) is 3.78. The molecule has 0 aliphatic carbocycles. The third-order valence-electron chi connectivity index (χ3n) is 2.46. The fourth-order valence-electron chi connectivity index (χ4n) is 1.82. The fraction of sp³-hybridized carbons (Fsp3) is 0.182. The molecule has 3 heterocycles. The van der Waals surface area contributed by atoms with Crippen molar-refractivity contribution in [2.75, 3.05) is 0 Å². The second-order valence-corrected chi connectivity index (χ2v) is 3.78. The van der Waals surface area contributed by atoms with E-state index in [2.05, 4.69) is 19.9 Å². The number of aromatic nitrogens is 5. The standard InChI is InChI=1S/C11H11N5/c1-7-5-9-10(13-7)14-8(2)15-11(9)16-4-3-12-6-16/h3-6H,1-2H3,(H,13,14,15). The number of fused-ring (bicyclic) bond motifs is 1. The number of imidazole rings is 1. The Hall–Kier alpha value is -2.17. The highest BCUT2D eigenvalue weighted by molar-refractivity contribution is 5.83.